The lowest BCUT2D eigenvalue weighted by atomic mass is 10.3. The number of anilines is 2. The van der Waals surface area contributed by atoms with E-state index in [4.69, 9.17) is 0 Å². The maximum absolute atomic E-state index is 4.16. The van der Waals surface area contributed by atoms with Gasteiger partial charge < -0.3 is 10.6 Å². The summed E-state index contributed by atoms with van der Waals surface area (Å²) < 4.78 is 0. The highest BCUT2D eigenvalue weighted by molar-refractivity contribution is 5.46. The van der Waals surface area contributed by atoms with Gasteiger partial charge in [0.25, 0.3) is 0 Å². The topological polar surface area (TPSA) is 62.7 Å². The monoisotopic (exact) mass is 241 g/mol. The van der Waals surface area contributed by atoms with Crippen molar-refractivity contribution in [3.63, 3.8) is 0 Å². The van der Waals surface area contributed by atoms with Crippen molar-refractivity contribution in [2.24, 2.45) is 0 Å². The molecule has 5 heteroatoms. The normalized spacial score (nSPS) is 9.78. The van der Waals surface area contributed by atoms with Crippen LogP contribution in [0.1, 0.15) is 5.56 Å². The minimum Gasteiger partial charge on any atom is -0.366 e. The van der Waals surface area contributed by atoms with Crippen molar-refractivity contribution in [2.45, 2.75) is 6.54 Å². The molecule has 5 nitrogen and oxygen atoms in total. The van der Waals surface area contributed by atoms with Gasteiger partial charge in [-0.25, -0.2) is 9.97 Å². The third-order valence-corrected chi connectivity index (χ3v) is 2.32. The Morgan fingerprint density at radius 3 is 2.56 bits per heavy atom. The van der Waals surface area contributed by atoms with Crippen LogP contribution in [0.3, 0.4) is 0 Å². The minimum absolute atomic E-state index is 0.681. The van der Waals surface area contributed by atoms with Crippen molar-refractivity contribution < 1.29 is 0 Å². The third kappa shape index (κ3) is 3.55. The van der Waals surface area contributed by atoms with Crippen molar-refractivity contribution >= 4 is 11.6 Å². The Bertz CT molecular complexity index is 498. The lowest BCUT2D eigenvalue weighted by Crippen LogP contribution is -2.05. The van der Waals surface area contributed by atoms with E-state index in [1.807, 2.05) is 18.2 Å². The first-order chi connectivity index (χ1) is 8.88. The second-order valence-corrected chi connectivity index (χ2v) is 3.67. The Balaban J connectivity index is 1.95. The van der Waals surface area contributed by atoms with Crippen molar-refractivity contribution in [2.75, 3.05) is 17.2 Å². The number of hydrogen-bond acceptors (Lipinski definition) is 5. The van der Waals surface area contributed by atoms with Gasteiger partial charge in [-0.05, 0) is 17.7 Å². The first kappa shape index (κ1) is 12.0. The molecule has 0 aromatic carbocycles. The van der Waals surface area contributed by atoms with Crippen LogP contribution in [0.4, 0.5) is 11.6 Å². The highest BCUT2D eigenvalue weighted by atomic mass is 15.1. The molecule has 0 aliphatic rings. The Morgan fingerprint density at radius 2 is 1.83 bits per heavy atom. The van der Waals surface area contributed by atoms with Crippen LogP contribution in [0.25, 0.3) is 0 Å². The number of rotatable bonds is 6. The predicted octanol–water partition coefficient (Wildman–Crippen LogP) is 2.08. The molecule has 2 aromatic rings. The van der Waals surface area contributed by atoms with Crippen molar-refractivity contribution in [1.82, 2.24) is 15.0 Å². The van der Waals surface area contributed by atoms with E-state index in [1.54, 1.807) is 18.5 Å². The second kappa shape index (κ2) is 6.34. The van der Waals surface area contributed by atoms with E-state index in [9.17, 15) is 0 Å². The summed E-state index contributed by atoms with van der Waals surface area (Å²) in [6.07, 6.45) is 6.86. The van der Waals surface area contributed by atoms with Crippen LogP contribution >= 0.6 is 0 Å². The van der Waals surface area contributed by atoms with Gasteiger partial charge in [0.15, 0.2) is 0 Å². The summed E-state index contributed by atoms with van der Waals surface area (Å²) in [7, 11) is 0. The van der Waals surface area contributed by atoms with Crippen LogP contribution in [0.2, 0.25) is 0 Å². The molecule has 2 heterocycles. The Morgan fingerprint density at radius 1 is 1.11 bits per heavy atom. The number of nitrogens with one attached hydrogen (secondary N) is 2. The van der Waals surface area contributed by atoms with E-state index < -0.39 is 0 Å². The van der Waals surface area contributed by atoms with Gasteiger partial charge in [0.05, 0.1) is 0 Å². The van der Waals surface area contributed by atoms with E-state index in [0.29, 0.717) is 13.1 Å². The largest absolute Gasteiger partial charge is 0.366 e. The van der Waals surface area contributed by atoms with E-state index in [-0.39, 0.29) is 0 Å². The first-order valence-corrected chi connectivity index (χ1v) is 5.68. The van der Waals surface area contributed by atoms with Gasteiger partial charge in [-0.2, -0.15) is 0 Å². The smallest absolute Gasteiger partial charge is 0.131 e. The van der Waals surface area contributed by atoms with Gasteiger partial charge in [0, 0.05) is 31.5 Å². The van der Waals surface area contributed by atoms with Crippen molar-refractivity contribution in [3.8, 4) is 0 Å². The summed E-state index contributed by atoms with van der Waals surface area (Å²) >= 11 is 0. The molecule has 92 valence electrons. The third-order valence-electron chi connectivity index (χ3n) is 2.32. The zero-order valence-electron chi connectivity index (χ0n) is 10.0. The number of aromatic nitrogens is 3. The highest BCUT2D eigenvalue weighted by Crippen LogP contribution is 2.09. The van der Waals surface area contributed by atoms with Crippen LogP contribution in [-0.2, 0) is 6.54 Å². The molecule has 0 aliphatic carbocycles. The summed E-state index contributed by atoms with van der Waals surface area (Å²) in [5, 5.41) is 6.35. The molecular weight excluding hydrogens is 226 g/mol. The fraction of sp³-hybridized carbons (Fsp3) is 0.154. The molecule has 18 heavy (non-hydrogen) atoms. The quantitative estimate of drug-likeness (QED) is 0.758. The highest BCUT2D eigenvalue weighted by Gasteiger charge is 1.97. The molecule has 0 amide bonds. The molecule has 0 aliphatic heterocycles. The zero-order chi connectivity index (χ0) is 12.6. The molecular formula is C13H15N5. The summed E-state index contributed by atoms with van der Waals surface area (Å²) in [6.45, 7) is 5.04. The standard InChI is InChI=1S/C13H15N5/c1-2-5-15-12-8-13(18-10-17-12)16-9-11-3-6-14-7-4-11/h2-4,6-8,10H,1,5,9H2,(H2,15,16,17,18). The van der Waals surface area contributed by atoms with Crippen LogP contribution in [0.15, 0.2) is 49.6 Å². The summed E-state index contributed by atoms with van der Waals surface area (Å²) in [4.78, 5) is 12.2. The summed E-state index contributed by atoms with van der Waals surface area (Å²) in [5.41, 5.74) is 1.16. The molecule has 0 bridgehead atoms. The second-order valence-electron chi connectivity index (χ2n) is 3.67. The Hall–Kier alpha value is -2.43. The van der Waals surface area contributed by atoms with Gasteiger partial charge in [-0.1, -0.05) is 6.08 Å². The van der Waals surface area contributed by atoms with E-state index >= 15 is 0 Å². The molecule has 0 saturated carbocycles. The summed E-state index contributed by atoms with van der Waals surface area (Å²) in [5.74, 6) is 1.57. The van der Waals surface area contributed by atoms with Gasteiger partial charge in [-0.15, -0.1) is 6.58 Å². The first-order valence-electron chi connectivity index (χ1n) is 5.68. The molecule has 0 atom stereocenters. The van der Waals surface area contributed by atoms with E-state index in [2.05, 4.69) is 32.2 Å². The maximum Gasteiger partial charge on any atom is 0.131 e. The van der Waals surface area contributed by atoms with E-state index in [0.717, 1.165) is 17.2 Å². The lowest BCUT2D eigenvalue weighted by Gasteiger charge is -2.07. The fourth-order valence-electron chi connectivity index (χ4n) is 1.42. The number of pyridine rings is 1. The molecule has 0 radical (unpaired) electrons. The zero-order valence-corrected chi connectivity index (χ0v) is 10.0. The van der Waals surface area contributed by atoms with Crippen LogP contribution in [-0.4, -0.2) is 21.5 Å². The van der Waals surface area contributed by atoms with E-state index in [1.165, 1.54) is 6.33 Å². The average Bonchev–Trinajstić information content (AvgIpc) is 2.44. The number of hydrogen-bond donors (Lipinski definition) is 2. The van der Waals surface area contributed by atoms with Crippen LogP contribution < -0.4 is 10.6 Å². The molecule has 2 N–H and O–H groups in total. The number of nitrogens with zero attached hydrogens (tertiary/aromatic N) is 3. The lowest BCUT2D eigenvalue weighted by molar-refractivity contribution is 1.07. The SMILES string of the molecule is C=CCNc1cc(NCc2ccncc2)ncn1. The molecule has 2 rings (SSSR count). The molecule has 0 spiro atoms. The fourth-order valence-corrected chi connectivity index (χ4v) is 1.42. The average molecular weight is 241 g/mol. The van der Waals surface area contributed by atoms with Crippen molar-refractivity contribution in [1.29, 1.82) is 0 Å². The molecule has 2 aromatic heterocycles. The maximum atomic E-state index is 4.16. The van der Waals surface area contributed by atoms with Crippen LogP contribution in [0.5, 0.6) is 0 Å². The minimum atomic E-state index is 0.681. The Kier molecular flexibility index (Phi) is 4.24. The molecule has 0 fully saturated rings. The summed E-state index contributed by atoms with van der Waals surface area (Å²) in [6, 6.07) is 5.79. The Labute approximate surface area is 106 Å². The van der Waals surface area contributed by atoms with Crippen LogP contribution in [0, 0.1) is 0 Å². The van der Waals surface area contributed by atoms with Gasteiger partial charge in [-0.3, -0.25) is 4.98 Å². The van der Waals surface area contributed by atoms with Crippen molar-refractivity contribution in [3.05, 3.63) is 55.1 Å². The molecule has 0 unspecified atom stereocenters. The van der Waals surface area contributed by atoms with Gasteiger partial charge in [0.1, 0.15) is 18.0 Å². The van der Waals surface area contributed by atoms with Gasteiger partial charge >= 0.3 is 0 Å². The predicted molar refractivity (Wildman–Crippen MR) is 72.3 cm³/mol. The molecule has 0 saturated heterocycles. The van der Waals surface area contributed by atoms with Gasteiger partial charge in [0.2, 0.25) is 0 Å².